The smallest absolute Gasteiger partial charge is 0.255 e. The lowest BCUT2D eigenvalue weighted by Gasteiger charge is -2.36. The van der Waals surface area contributed by atoms with Crippen LogP contribution in [0, 0.1) is 0 Å². The number of hydrogen-bond acceptors (Lipinski definition) is 2. The molecule has 0 unspecified atom stereocenters. The van der Waals surface area contributed by atoms with Gasteiger partial charge in [0, 0.05) is 22.6 Å². The number of halogens is 2. The van der Waals surface area contributed by atoms with Crippen LogP contribution in [0.15, 0.2) is 24.3 Å². The van der Waals surface area contributed by atoms with E-state index >= 15 is 0 Å². The van der Waals surface area contributed by atoms with Crippen LogP contribution in [0.5, 0.6) is 11.5 Å². The minimum absolute atomic E-state index is 0.426. The van der Waals surface area contributed by atoms with E-state index < -0.39 is 15.5 Å². The summed E-state index contributed by atoms with van der Waals surface area (Å²) in [5.41, 5.74) is 0. The van der Waals surface area contributed by atoms with Crippen LogP contribution >= 0.6 is 23.2 Å². The molecule has 0 aromatic heterocycles. The van der Waals surface area contributed by atoms with E-state index in [1.54, 1.807) is 0 Å². The van der Waals surface area contributed by atoms with Crippen molar-refractivity contribution in [3.05, 3.63) is 24.3 Å². The third-order valence-electron chi connectivity index (χ3n) is 2.82. The van der Waals surface area contributed by atoms with Crippen LogP contribution in [0.25, 0.3) is 0 Å². The van der Waals surface area contributed by atoms with Crippen molar-refractivity contribution in [2.75, 3.05) is 0 Å². The number of benzene rings is 1. The van der Waals surface area contributed by atoms with Crippen LogP contribution < -0.4 is 9.47 Å². The fourth-order valence-corrected chi connectivity index (χ4v) is 2.94. The normalized spacial score (nSPS) is 17.6. The van der Waals surface area contributed by atoms with Gasteiger partial charge in [-0.15, -0.1) is 23.2 Å². The summed E-state index contributed by atoms with van der Waals surface area (Å²) in [5.74, 6) is 0.717. The van der Waals surface area contributed by atoms with Crippen molar-refractivity contribution in [1.82, 2.24) is 0 Å². The topological polar surface area (TPSA) is 18.5 Å². The van der Waals surface area contributed by atoms with Gasteiger partial charge in [0.1, 0.15) is 0 Å². The SMILES string of the molecule is CC(C)(Cl)CC1(CC(C)(C)Cl)Oc2ccccc2O1. The molecule has 1 aliphatic heterocycles. The van der Waals surface area contributed by atoms with Gasteiger partial charge in [-0.2, -0.15) is 0 Å². The van der Waals surface area contributed by atoms with Crippen molar-refractivity contribution >= 4 is 23.2 Å². The van der Waals surface area contributed by atoms with E-state index in [9.17, 15) is 0 Å². The van der Waals surface area contributed by atoms with Gasteiger partial charge in [0.05, 0.1) is 0 Å². The molecule has 1 heterocycles. The first-order valence-corrected chi connectivity index (χ1v) is 7.19. The number of hydrogen-bond donors (Lipinski definition) is 0. The molecule has 106 valence electrons. The van der Waals surface area contributed by atoms with Crippen molar-refractivity contribution < 1.29 is 9.47 Å². The second-order valence-corrected chi connectivity index (χ2v) is 8.40. The van der Waals surface area contributed by atoms with Gasteiger partial charge in [0.2, 0.25) is 0 Å². The van der Waals surface area contributed by atoms with Crippen LogP contribution in [0.4, 0.5) is 0 Å². The highest BCUT2D eigenvalue weighted by molar-refractivity contribution is 6.24. The van der Waals surface area contributed by atoms with Gasteiger partial charge in [-0.05, 0) is 39.8 Å². The summed E-state index contributed by atoms with van der Waals surface area (Å²) in [6, 6.07) is 7.66. The van der Waals surface area contributed by atoms with Gasteiger partial charge < -0.3 is 9.47 Å². The zero-order chi connectivity index (χ0) is 14.3. The molecular formula is C15H20Cl2O2. The Kier molecular flexibility index (Phi) is 3.70. The molecule has 0 saturated carbocycles. The standard InChI is InChI=1S/C15H20Cl2O2/c1-13(2,16)9-15(10-14(3,4)17)18-11-7-5-6-8-12(11)19-15/h5-8H,9-10H2,1-4H3. The second kappa shape index (κ2) is 4.75. The molecule has 0 radical (unpaired) electrons. The summed E-state index contributed by atoms with van der Waals surface area (Å²) in [4.78, 5) is -0.853. The van der Waals surface area contributed by atoms with Crippen molar-refractivity contribution in [3.8, 4) is 11.5 Å². The number of rotatable bonds is 4. The summed E-state index contributed by atoms with van der Waals surface area (Å²) in [5, 5.41) is 0. The maximum absolute atomic E-state index is 6.37. The van der Waals surface area contributed by atoms with Gasteiger partial charge in [0.15, 0.2) is 11.5 Å². The average molecular weight is 303 g/mol. The molecule has 1 aliphatic rings. The first-order chi connectivity index (χ1) is 8.59. The van der Waals surface area contributed by atoms with E-state index in [-0.39, 0.29) is 0 Å². The number of para-hydroxylation sites is 2. The molecule has 0 aliphatic carbocycles. The zero-order valence-corrected chi connectivity index (χ0v) is 13.3. The lowest BCUT2D eigenvalue weighted by Crippen LogP contribution is -2.47. The molecule has 4 heteroatoms. The maximum atomic E-state index is 6.37. The Morgan fingerprint density at radius 2 is 1.26 bits per heavy atom. The molecule has 0 saturated heterocycles. The Morgan fingerprint density at radius 1 is 0.895 bits per heavy atom. The molecule has 0 fully saturated rings. The maximum Gasteiger partial charge on any atom is 0.255 e. The van der Waals surface area contributed by atoms with Gasteiger partial charge in [-0.3, -0.25) is 0 Å². The van der Waals surface area contributed by atoms with Crippen LogP contribution in [0.3, 0.4) is 0 Å². The quantitative estimate of drug-likeness (QED) is 0.731. The highest BCUT2D eigenvalue weighted by Crippen LogP contribution is 2.47. The van der Waals surface area contributed by atoms with E-state index in [1.807, 2.05) is 52.0 Å². The van der Waals surface area contributed by atoms with Crippen LogP contribution in [0.2, 0.25) is 0 Å². The van der Waals surface area contributed by atoms with Gasteiger partial charge in [-0.1, -0.05) is 12.1 Å². The molecule has 0 amide bonds. The molecule has 0 N–H and O–H groups in total. The molecule has 2 rings (SSSR count). The summed E-state index contributed by atoms with van der Waals surface area (Å²) in [7, 11) is 0. The van der Waals surface area contributed by atoms with Crippen molar-refractivity contribution in [2.24, 2.45) is 0 Å². The van der Waals surface area contributed by atoms with Crippen molar-refractivity contribution in [2.45, 2.75) is 56.1 Å². The lowest BCUT2D eigenvalue weighted by atomic mass is 9.93. The summed E-state index contributed by atoms with van der Waals surface area (Å²) >= 11 is 12.7. The molecule has 0 spiro atoms. The molecule has 0 bridgehead atoms. The van der Waals surface area contributed by atoms with E-state index in [4.69, 9.17) is 32.7 Å². The largest absolute Gasteiger partial charge is 0.448 e. The number of fused-ring (bicyclic) bond motifs is 1. The van der Waals surface area contributed by atoms with Crippen molar-refractivity contribution in [1.29, 1.82) is 0 Å². The second-order valence-electron chi connectivity index (χ2n) is 6.35. The monoisotopic (exact) mass is 302 g/mol. The Hall–Kier alpha value is -0.600. The number of alkyl halides is 2. The molecule has 0 atom stereocenters. The molecular weight excluding hydrogens is 283 g/mol. The molecule has 19 heavy (non-hydrogen) atoms. The van der Waals surface area contributed by atoms with E-state index in [1.165, 1.54) is 0 Å². The highest BCUT2D eigenvalue weighted by atomic mass is 35.5. The Balaban J connectivity index is 2.29. The number of ether oxygens (including phenoxy) is 2. The average Bonchev–Trinajstić information content (AvgIpc) is 2.47. The van der Waals surface area contributed by atoms with Crippen LogP contribution in [0.1, 0.15) is 40.5 Å². The van der Waals surface area contributed by atoms with Crippen LogP contribution in [-0.2, 0) is 0 Å². The third kappa shape index (κ3) is 3.93. The van der Waals surface area contributed by atoms with E-state index in [2.05, 4.69) is 0 Å². The van der Waals surface area contributed by atoms with Gasteiger partial charge >= 0.3 is 0 Å². The predicted octanol–water partition coefficient (Wildman–Crippen LogP) is 4.97. The lowest BCUT2D eigenvalue weighted by molar-refractivity contribution is -0.102. The third-order valence-corrected chi connectivity index (χ3v) is 3.09. The molecule has 2 nitrogen and oxygen atoms in total. The minimum atomic E-state index is -0.791. The predicted molar refractivity (Wildman–Crippen MR) is 79.5 cm³/mol. The van der Waals surface area contributed by atoms with Gasteiger partial charge in [0.25, 0.3) is 5.79 Å². The molecule has 1 aromatic rings. The molecule has 1 aromatic carbocycles. The van der Waals surface area contributed by atoms with E-state index in [0.717, 1.165) is 11.5 Å². The van der Waals surface area contributed by atoms with Crippen molar-refractivity contribution in [3.63, 3.8) is 0 Å². The summed E-state index contributed by atoms with van der Waals surface area (Å²) in [6.45, 7) is 7.81. The Morgan fingerprint density at radius 3 is 1.58 bits per heavy atom. The Labute approximate surface area is 125 Å². The fraction of sp³-hybridized carbons (Fsp3) is 0.600. The Bertz CT molecular complexity index is 415. The summed E-state index contributed by atoms with van der Waals surface area (Å²) < 4.78 is 12.1. The van der Waals surface area contributed by atoms with Gasteiger partial charge in [-0.25, -0.2) is 0 Å². The minimum Gasteiger partial charge on any atom is -0.448 e. The summed E-state index contributed by atoms with van der Waals surface area (Å²) in [6.07, 6.45) is 1.12. The fourth-order valence-electron chi connectivity index (χ4n) is 2.53. The zero-order valence-electron chi connectivity index (χ0n) is 11.8. The first kappa shape index (κ1) is 14.8. The van der Waals surface area contributed by atoms with Crippen LogP contribution in [-0.4, -0.2) is 15.5 Å². The first-order valence-electron chi connectivity index (χ1n) is 6.44. The highest BCUT2D eigenvalue weighted by Gasteiger charge is 2.48. The van der Waals surface area contributed by atoms with E-state index in [0.29, 0.717) is 12.8 Å².